The highest BCUT2D eigenvalue weighted by Gasteiger charge is 2.52. The van der Waals surface area contributed by atoms with Crippen LogP contribution in [0.2, 0.25) is 0 Å². The number of ketones is 1. The largest absolute Gasteiger partial charge is 0.481 e. The highest BCUT2D eigenvalue weighted by atomic mass is 16.5. The minimum absolute atomic E-state index is 0.0866. The molecule has 1 aromatic carbocycles. The van der Waals surface area contributed by atoms with Crippen LogP contribution in [0, 0.1) is 0 Å². The minimum Gasteiger partial charge on any atom is -0.481 e. The average molecular weight is 368 g/mol. The molecular formula is C21H24N2O4. The van der Waals surface area contributed by atoms with Gasteiger partial charge in [-0.15, -0.1) is 0 Å². The van der Waals surface area contributed by atoms with Crippen LogP contribution >= 0.6 is 0 Å². The number of Topliss-reactive ketones (excluding diaryl/α,β-unsaturated/α-hetero) is 1. The van der Waals surface area contributed by atoms with Crippen molar-refractivity contribution in [2.45, 2.75) is 38.0 Å². The molecule has 1 N–H and O–H groups in total. The molecule has 1 amide bonds. The smallest absolute Gasteiger partial charge is 0.240 e. The number of carbonyl (C=O) groups is 2. The van der Waals surface area contributed by atoms with Crippen molar-refractivity contribution < 1.29 is 19.1 Å². The van der Waals surface area contributed by atoms with Crippen molar-refractivity contribution >= 4 is 17.4 Å². The summed E-state index contributed by atoms with van der Waals surface area (Å²) in [4.78, 5) is 29.4. The Morgan fingerprint density at radius 2 is 1.81 bits per heavy atom. The molecule has 0 radical (unpaired) electrons. The van der Waals surface area contributed by atoms with Crippen molar-refractivity contribution in [3.63, 3.8) is 0 Å². The molecule has 0 saturated heterocycles. The topological polar surface area (TPSA) is 77.5 Å². The average Bonchev–Trinajstić information content (AvgIpc) is 2.65. The van der Waals surface area contributed by atoms with Gasteiger partial charge in [0.25, 0.3) is 0 Å². The van der Waals surface area contributed by atoms with Crippen molar-refractivity contribution in [2.24, 2.45) is 0 Å². The molecular weight excluding hydrogens is 344 g/mol. The number of nitrogens with one attached hydrogen (secondary N) is 1. The summed E-state index contributed by atoms with van der Waals surface area (Å²) in [5, 5.41) is 2.91. The van der Waals surface area contributed by atoms with Gasteiger partial charge < -0.3 is 14.8 Å². The number of nitrogens with zero attached hydrogens (tertiary/aromatic N) is 1. The van der Waals surface area contributed by atoms with Gasteiger partial charge in [-0.1, -0.05) is 38.1 Å². The van der Waals surface area contributed by atoms with E-state index in [9.17, 15) is 9.59 Å². The number of pyridine rings is 1. The lowest BCUT2D eigenvalue weighted by atomic mass is 9.61. The predicted molar refractivity (Wildman–Crippen MR) is 102 cm³/mol. The fraction of sp³-hybridized carbons (Fsp3) is 0.381. The maximum absolute atomic E-state index is 13.3. The third-order valence-electron chi connectivity index (χ3n) is 5.02. The lowest BCUT2D eigenvalue weighted by Crippen LogP contribution is -2.51. The molecule has 3 rings (SSSR count). The molecule has 1 aromatic heterocycles. The van der Waals surface area contributed by atoms with Gasteiger partial charge in [0.15, 0.2) is 0 Å². The van der Waals surface area contributed by atoms with Crippen LogP contribution in [0.5, 0.6) is 11.8 Å². The van der Waals surface area contributed by atoms with Gasteiger partial charge in [0.1, 0.15) is 11.5 Å². The molecule has 1 heterocycles. The first-order valence-corrected chi connectivity index (χ1v) is 8.93. The third-order valence-corrected chi connectivity index (χ3v) is 5.02. The number of aromatic nitrogens is 1. The zero-order chi connectivity index (χ0) is 19.6. The van der Waals surface area contributed by atoms with Crippen molar-refractivity contribution in [3.8, 4) is 11.8 Å². The van der Waals surface area contributed by atoms with E-state index >= 15 is 0 Å². The summed E-state index contributed by atoms with van der Waals surface area (Å²) in [6, 6.07) is 11.2. The van der Waals surface area contributed by atoms with Crippen molar-refractivity contribution in [1.82, 2.24) is 4.98 Å². The second kappa shape index (κ2) is 7.39. The van der Waals surface area contributed by atoms with Crippen LogP contribution in [-0.2, 0) is 15.0 Å². The van der Waals surface area contributed by atoms with Gasteiger partial charge in [-0.05, 0) is 23.1 Å². The van der Waals surface area contributed by atoms with E-state index in [-0.39, 0.29) is 36.3 Å². The summed E-state index contributed by atoms with van der Waals surface area (Å²) < 4.78 is 10.4. The van der Waals surface area contributed by atoms with Crippen LogP contribution in [0.25, 0.3) is 0 Å². The van der Waals surface area contributed by atoms with E-state index in [1.807, 2.05) is 24.3 Å². The summed E-state index contributed by atoms with van der Waals surface area (Å²) in [7, 11) is 2.99. The lowest BCUT2D eigenvalue weighted by molar-refractivity contribution is -0.138. The van der Waals surface area contributed by atoms with E-state index in [4.69, 9.17) is 9.47 Å². The van der Waals surface area contributed by atoms with E-state index in [1.54, 1.807) is 12.1 Å². The SMILES string of the molecule is COc1ccc(NC(=O)C2(c3ccccc3C(C)C)CC(=O)C2)c(OC)n1. The Kier molecular flexibility index (Phi) is 5.17. The van der Waals surface area contributed by atoms with Gasteiger partial charge in [-0.3, -0.25) is 9.59 Å². The number of methoxy groups -OCH3 is 2. The van der Waals surface area contributed by atoms with Crippen LogP contribution in [0.3, 0.4) is 0 Å². The lowest BCUT2D eigenvalue weighted by Gasteiger charge is -2.41. The first-order valence-electron chi connectivity index (χ1n) is 8.93. The maximum Gasteiger partial charge on any atom is 0.240 e. The van der Waals surface area contributed by atoms with Crippen molar-refractivity contribution in [3.05, 3.63) is 47.5 Å². The maximum atomic E-state index is 13.3. The van der Waals surface area contributed by atoms with Crippen LogP contribution in [0.1, 0.15) is 43.7 Å². The molecule has 0 spiro atoms. The molecule has 1 saturated carbocycles. The molecule has 0 unspecified atom stereocenters. The number of hydrogen-bond acceptors (Lipinski definition) is 5. The Morgan fingerprint density at radius 3 is 2.41 bits per heavy atom. The minimum atomic E-state index is -0.858. The molecule has 1 fully saturated rings. The van der Waals surface area contributed by atoms with Crippen molar-refractivity contribution in [1.29, 1.82) is 0 Å². The van der Waals surface area contributed by atoms with E-state index < -0.39 is 5.41 Å². The van der Waals surface area contributed by atoms with E-state index in [0.717, 1.165) is 11.1 Å². The van der Waals surface area contributed by atoms with Crippen LogP contribution in [-0.4, -0.2) is 30.9 Å². The Balaban J connectivity index is 1.97. The van der Waals surface area contributed by atoms with Crippen LogP contribution < -0.4 is 14.8 Å². The molecule has 0 aliphatic heterocycles. The number of amides is 1. The van der Waals surface area contributed by atoms with Crippen LogP contribution in [0.15, 0.2) is 36.4 Å². The zero-order valence-electron chi connectivity index (χ0n) is 16.0. The molecule has 6 heteroatoms. The van der Waals surface area contributed by atoms with E-state index in [2.05, 4.69) is 24.1 Å². The summed E-state index contributed by atoms with van der Waals surface area (Å²) in [6.45, 7) is 4.17. The fourth-order valence-electron chi connectivity index (χ4n) is 3.56. The quantitative estimate of drug-likeness (QED) is 0.845. The summed E-state index contributed by atoms with van der Waals surface area (Å²) in [5.41, 5.74) is 1.59. The van der Waals surface area contributed by atoms with Gasteiger partial charge >= 0.3 is 0 Å². The third kappa shape index (κ3) is 3.39. The van der Waals surface area contributed by atoms with E-state index in [0.29, 0.717) is 11.6 Å². The van der Waals surface area contributed by atoms with Crippen LogP contribution in [0.4, 0.5) is 5.69 Å². The summed E-state index contributed by atoms with van der Waals surface area (Å²) >= 11 is 0. The first-order chi connectivity index (χ1) is 12.9. The Labute approximate surface area is 158 Å². The number of rotatable bonds is 6. The van der Waals surface area contributed by atoms with Gasteiger partial charge in [0.2, 0.25) is 17.7 Å². The van der Waals surface area contributed by atoms with E-state index in [1.165, 1.54) is 14.2 Å². The molecule has 0 atom stereocenters. The van der Waals surface area contributed by atoms with Crippen molar-refractivity contribution in [2.75, 3.05) is 19.5 Å². The molecule has 1 aliphatic carbocycles. The van der Waals surface area contributed by atoms with Gasteiger partial charge in [-0.2, -0.15) is 4.98 Å². The highest BCUT2D eigenvalue weighted by molar-refractivity contribution is 6.09. The predicted octanol–water partition coefficient (Wildman–Crippen LogP) is 3.46. The second-order valence-electron chi connectivity index (χ2n) is 7.08. The normalized spacial score (nSPS) is 15.2. The monoisotopic (exact) mass is 368 g/mol. The number of carbonyl (C=O) groups excluding carboxylic acids is 2. The fourth-order valence-corrected chi connectivity index (χ4v) is 3.56. The standard InChI is InChI=1S/C21H24N2O4/c1-13(2)15-7-5-6-8-16(15)21(11-14(24)12-21)20(25)22-17-9-10-18(26-3)23-19(17)27-4/h5-10,13H,11-12H2,1-4H3,(H,22,25). The Hall–Kier alpha value is -2.89. The Morgan fingerprint density at radius 1 is 1.11 bits per heavy atom. The second-order valence-corrected chi connectivity index (χ2v) is 7.08. The van der Waals surface area contributed by atoms with Gasteiger partial charge in [0, 0.05) is 18.9 Å². The highest BCUT2D eigenvalue weighted by Crippen LogP contribution is 2.45. The van der Waals surface area contributed by atoms with Gasteiger partial charge in [0.05, 0.1) is 19.6 Å². The summed E-state index contributed by atoms with van der Waals surface area (Å²) in [6.07, 6.45) is 0.406. The molecule has 6 nitrogen and oxygen atoms in total. The molecule has 142 valence electrons. The molecule has 2 aromatic rings. The van der Waals surface area contributed by atoms with Gasteiger partial charge in [-0.25, -0.2) is 0 Å². The first kappa shape index (κ1) is 18.9. The molecule has 0 bridgehead atoms. The number of anilines is 1. The summed E-state index contributed by atoms with van der Waals surface area (Å²) in [5.74, 6) is 0.770. The number of hydrogen-bond donors (Lipinski definition) is 1. The number of ether oxygens (including phenoxy) is 2. The molecule has 1 aliphatic rings. The Bertz CT molecular complexity index is 868. The zero-order valence-corrected chi connectivity index (χ0v) is 16.0. The number of benzene rings is 1. The molecule has 27 heavy (non-hydrogen) atoms.